The summed E-state index contributed by atoms with van der Waals surface area (Å²) in [5.74, 6) is -0.806. The van der Waals surface area contributed by atoms with Gasteiger partial charge in [-0.2, -0.15) is 0 Å². The fourth-order valence-electron chi connectivity index (χ4n) is 2.18. The minimum absolute atomic E-state index is 0.286. The van der Waals surface area contributed by atoms with Gasteiger partial charge in [-0.05, 0) is 6.07 Å². The standard InChI is InChI=1S/C13H17FN2O3/c1-19-10-3-2-9(11(14)6-10)8-16-5-4-15-7-12(16)13(17)18/h2-3,6,12,15H,4-5,7-8H2,1H3,(H,17,18). The number of carboxylic acid groups (broad SMARTS) is 1. The molecule has 0 saturated carbocycles. The summed E-state index contributed by atoms with van der Waals surface area (Å²) in [4.78, 5) is 12.9. The molecule has 0 aromatic heterocycles. The van der Waals surface area contributed by atoms with E-state index in [1.165, 1.54) is 13.2 Å². The van der Waals surface area contributed by atoms with E-state index < -0.39 is 12.0 Å². The molecule has 1 heterocycles. The normalized spacial score (nSPS) is 20.2. The Morgan fingerprint density at radius 2 is 2.42 bits per heavy atom. The highest BCUT2D eigenvalue weighted by atomic mass is 19.1. The first-order valence-corrected chi connectivity index (χ1v) is 6.12. The molecule has 2 N–H and O–H groups in total. The van der Waals surface area contributed by atoms with Gasteiger partial charge in [0.25, 0.3) is 0 Å². The summed E-state index contributed by atoms with van der Waals surface area (Å²) in [7, 11) is 1.48. The number of carboxylic acids is 1. The monoisotopic (exact) mass is 268 g/mol. The van der Waals surface area contributed by atoms with E-state index in [0.717, 1.165) is 0 Å². The van der Waals surface area contributed by atoms with Crippen LogP contribution in [0.3, 0.4) is 0 Å². The molecule has 0 spiro atoms. The number of halogens is 1. The molecule has 2 rings (SSSR count). The van der Waals surface area contributed by atoms with Crippen LogP contribution in [0.15, 0.2) is 18.2 Å². The summed E-state index contributed by atoms with van der Waals surface area (Å²) in [5, 5.41) is 12.2. The summed E-state index contributed by atoms with van der Waals surface area (Å²) in [6, 6.07) is 4.01. The molecule has 1 aromatic rings. The van der Waals surface area contributed by atoms with Gasteiger partial charge in [0.2, 0.25) is 0 Å². The molecule has 0 aliphatic carbocycles. The quantitative estimate of drug-likeness (QED) is 0.841. The van der Waals surface area contributed by atoms with Crippen LogP contribution >= 0.6 is 0 Å². The summed E-state index contributed by atoms with van der Waals surface area (Å²) in [5.41, 5.74) is 0.481. The molecule has 1 aliphatic heterocycles. The first-order valence-electron chi connectivity index (χ1n) is 6.12. The fraction of sp³-hybridized carbons (Fsp3) is 0.462. The molecule has 1 saturated heterocycles. The number of nitrogens with one attached hydrogen (secondary N) is 1. The lowest BCUT2D eigenvalue weighted by Gasteiger charge is -2.33. The largest absolute Gasteiger partial charge is 0.497 e. The number of nitrogens with zero attached hydrogens (tertiary/aromatic N) is 1. The van der Waals surface area contributed by atoms with Crippen molar-refractivity contribution in [3.8, 4) is 5.75 Å². The molecule has 1 aliphatic rings. The zero-order valence-electron chi connectivity index (χ0n) is 10.7. The third kappa shape index (κ3) is 3.21. The molecule has 5 nitrogen and oxygen atoms in total. The van der Waals surface area contributed by atoms with Crippen molar-refractivity contribution >= 4 is 5.97 Å². The Morgan fingerprint density at radius 1 is 1.63 bits per heavy atom. The number of hydrogen-bond donors (Lipinski definition) is 2. The molecular weight excluding hydrogens is 251 g/mol. The van der Waals surface area contributed by atoms with Crippen LogP contribution in [0.4, 0.5) is 4.39 Å². The Hall–Kier alpha value is -1.66. The zero-order valence-corrected chi connectivity index (χ0v) is 10.7. The van der Waals surface area contributed by atoms with Gasteiger partial charge in [0.1, 0.15) is 17.6 Å². The van der Waals surface area contributed by atoms with Crippen molar-refractivity contribution in [1.82, 2.24) is 10.2 Å². The van der Waals surface area contributed by atoms with E-state index in [2.05, 4.69) is 5.32 Å². The molecule has 1 fully saturated rings. The lowest BCUT2D eigenvalue weighted by Crippen LogP contribution is -2.54. The van der Waals surface area contributed by atoms with Crippen LogP contribution < -0.4 is 10.1 Å². The molecule has 1 atom stereocenters. The van der Waals surface area contributed by atoms with E-state index >= 15 is 0 Å². The minimum Gasteiger partial charge on any atom is -0.497 e. The Bertz CT molecular complexity index is 467. The zero-order chi connectivity index (χ0) is 13.8. The van der Waals surface area contributed by atoms with Gasteiger partial charge in [-0.3, -0.25) is 9.69 Å². The number of carbonyl (C=O) groups is 1. The van der Waals surface area contributed by atoms with Gasteiger partial charge >= 0.3 is 5.97 Å². The van der Waals surface area contributed by atoms with Crippen molar-refractivity contribution in [1.29, 1.82) is 0 Å². The Kier molecular flexibility index (Phi) is 4.34. The van der Waals surface area contributed by atoms with Crippen LogP contribution in [0.5, 0.6) is 5.75 Å². The van der Waals surface area contributed by atoms with Crippen LogP contribution in [0.1, 0.15) is 5.56 Å². The van der Waals surface area contributed by atoms with Crippen molar-refractivity contribution in [2.24, 2.45) is 0 Å². The Balaban J connectivity index is 2.12. The highest BCUT2D eigenvalue weighted by Gasteiger charge is 2.28. The molecule has 19 heavy (non-hydrogen) atoms. The van der Waals surface area contributed by atoms with Crippen molar-refractivity contribution in [3.63, 3.8) is 0 Å². The molecule has 6 heteroatoms. The van der Waals surface area contributed by atoms with Gasteiger partial charge in [-0.15, -0.1) is 0 Å². The Labute approximate surface area is 111 Å². The van der Waals surface area contributed by atoms with Crippen LogP contribution in [0.2, 0.25) is 0 Å². The molecule has 0 amide bonds. The maximum absolute atomic E-state index is 13.9. The number of hydrogen-bond acceptors (Lipinski definition) is 4. The molecule has 1 aromatic carbocycles. The molecule has 0 radical (unpaired) electrons. The Morgan fingerprint density at radius 3 is 3.05 bits per heavy atom. The lowest BCUT2D eigenvalue weighted by atomic mass is 10.1. The van der Waals surface area contributed by atoms with E-state index in [0.29, 0.717) is 30.9 Å². The second kappa shape index (κ2) is 5.99. The van der Waals surface area contributed by atoms with Crippen LogP contribution in [-0.2, 0) is 11.3 Å². The summed E-state index contributed by atoms with van der Waals surface area (Å²) in [6.07, 6.45) is 0. The number of benzene rings is 1. The third-order valence-corrected chi connectivity index (χ3v) is 3.27. The molecule has 104 valence electrons. The van der Waals surface area contributed by atoms with Crippen molar-refractivity contribution < 1.29 is 19.0 Å². The highest BCUT2D eigenvalue weighted by molar-refractivity contribution is 5.74. The van der Waals surface area contributed by atoms with Crippen LogP contribution in [0.25, 0.3) is 0 Å². The number of aliphatic carboxylic acids is 1. The predicted molar refractivity (Wildman–Crippen MR) is 67.7 cm³/mol. The van der Waals surface area contributed by atoms with Gasteiger partial charge in [-0.25, -0.2) is 4.39 Å². The van der Waals surface area contributed by atoms with E-state index in [1.807, 2.05) is 0 Å². The smallest absolute Gasteiger partial charge is 0.322 e. The third-order valence-electron chi connectivity index (χ3n) is 3.27. The fourth-order valence-corrected chi connectivity index (χ4v) is 2.18. The maximum Gasteiger partial charge on any atom is 0.322 e. The highest BCUT2D eigenvalue weighted by Crippen LogP contribution is 2.19. The predicted octanol–water partition coefficient (Wildman–Crippen LogP) is 0.693. The first kappa shape index (κ1) is 13.8. The van der Waals surface area contributed by atoms with Gasteiger partial charge in [0.05, 0.1) is 7.11 Å². The van der Waals surface area contributed by atoms with Crippen LogP contribution in [0, 0.1) is 5.82 Å². The average molecular weight is 268 g/mol. The van der Waals surface area contributed by atoms with E-state index in [9.17, 15) is 9.18 Å². The number of methoxy groups -OCH3 is 1. The SMILES string of the molecule is COc1ccc(CN2CCNCC2C(=O)O)c(F)c1. The molecule has 1 unspecified atom stereocenters. The summed E-state index contributed by atoms with van der Waals surface area (Å²) < 4.78 is 18.8. The van der Waals surface area contributed by atoms with E-state index in [4.69, 9.17) is 9.84 Å². The van der Waals surface area contributed by atoms with E-state index in [1.54, 1.807) is 17.0 Å². The van der Waals surface area contributed by atoms with Crippen LogP contribution in [-0.4, -0.2) is 48.8 Å². The second-order valence-electron chi connectivity index (χ2n) is 4.49. The van der Waals surface area contributed by atoms with Gasteiger partial charge in [0.15, 0.2) is 0 Å². The first-order chi connectivity index (χ1) is 9.11. The lowest BCUT2D eigenvalue weighted by molar-refractivity contribution is -0.144. The average Bonchev–Trinajstić information content (AvgIpc) is 2.41. The number of rotatable bonds is 4. The van der Waals surface area contributed by atoms with Gasteiger partial charge < -0.3 is 15.2 Å². The molecular formula is C13H17FN2O3. The topological polar surface area (TPSA) is 61.8 Å². The minimum atomic E-state index is -0.888. The van der Waals surface area contributed by atoms with Crippen molar-refractivity contribution in [2.75, 3.05) is 26.7 Å². The van der Waals surface area contributed by atoms with Crippen molar-refractivity contribution in [3.05, 3.63) is 29.6 Å². The summed E-state index contributed by atoms with van der Waals surface area (Å²) >= 11 is 0. The van der Waals surface area contributed by atoms with Gasteiger partial charge in [-0.1, -0.05) is 6.07 Å². The second-order valence-corrected chi connectivity index (χ2v) is 4.49. The number of piperazine rings is 1. The molecule has 0 bridgehead atoms. The summed E-state index contributed by atoms with van der Waals surface area (Å²) in [6.45, 7) is 1.96. The van der Waals surface area contributed by atoms with Gasteiger partial charge in [0, 0.05) is 37.8 Å². The number of ether oxygens (including phenoxy) is 1. The van der Waals surface area contributed by atoms with Crippen molar-refractivity contribution in [2.45, 2.75) is 12.6 Å². The van der Waals surface area contributed by atoms with E-state index in [-0.39, 0.29) is 12.4 Å². The maximum atomic E-state index is 13.9.